The summed E-state index contributed by atoms with van der Waals surface area (Å²) in [7, 11) is 0. The minimum absolute atomic E-state index is 0.115. The molecule has 1 aromatic rings. The summed E-state index contributed by atoms with van der Waals surface area (Å²) < 4.78 is 0. The Morgan fingerprint density at radius 3 is 3.19 bits per heavy atom. The Balaban J connectivity index is 1.96. The Morgan fingerprint density at radius 2 is 2.50 bits per heavy atom. The lowest BCUT2D eigenvalue weighted by molar-refractivity contribution is 0.0641. The lowest BCUT2D eigenvalue weighted by Crippen LogP contribution is -2.40. The number of carbonyl (C=O) groups is 1. The molecule has 1 aromatic heterocycles. The van der Waals surface area contributed by atoms with Gasteiger partial charge in [-0.2, -0.15) is 5.21 Å². The number of amides is 1. The van der Waals surface area contributed by atoms with E-state index >= 15 is 0 Å². The first-order valence-electron chi connectivity index (χ1n) is 5.45. The Kier molecular flexibility index (Phi) is 3.45. The molecule has 2 rings (SSSR count). The van der Waals surface area contributed by atoms with Gasteiger partial charge in [0.05, 0.1) is 0 Å². The van der Waals surface area contributed by atoms with Gasteiger partial charge in [-0.15, -0.1) is 10.2 Å². The van der Waals surface area contributed by atoms with Crippen molar-refractivity contribution in [3.8, 4) is 0 Å². The summed E-state index contributed by atoms with van der Waals surface area (Å²) in [5.41, 5.74) is 0. The Hall–Kier alpha value is -1.50. The van der Waals surface area contributed by atoms with Crippen LogP contribution in [0.1, 0.15) is 29.9 Å². The molecule has 1 aliphatic heterocycles. The molecule has 0 aliphatic carbocycles. The summed E-state index contributed by atoms with van der Waals surface area (Å²) in [5, 5.41) is 21.9. The summed E-state index contributed by atoms with van der Waals surface area (Å²) in [6.07, 6.45) is 2.78. The van der Waals surface area contributed by atoms with Crippen molar-refractivity contribution >= 4 is 5.91 Å². The highest BCUT2D eigenvalue weighted by Gasteiger charge is 2.26. The van der Waals surface area contributed by atoms with E-state index in [-0.39, 0.29) is 18.3 Å². The van der Waals surface area contributed by atoms with Crippen LogP contribution in [0.15, 0.2) is 0 Å². The molecule has 1 atom stereocenters. The Labute approximate surface area is 92.8 Å². The van der Waals surface area contributed by atoms with Gasteiger partial charge in [-0.05, 0) is 30.4 Å². The van der Waals surface area contributed by atoms with Gasteiger partial charge in [-0.1, -0.05) is 0 Å². The summed E-state index contributed by atoms with van der Waals surface area (Å²) in [5.74, 6) is 0.315. The molecule has 16 heavy (non-hydrogen) atoms. The number of aromatic amines is 1. The zero-order valence-corrected chi connectivity index (χ0v) is 8.96. The first kappa shape index (κ1) is 11.0. The molecule has 7 heteroatoms. The highest BCUT2D eigenvalue weighted by Crippen LogP contribution is 2.19. The average molecular weight is 225 g/mol. The van der Waals surface area contributed by atoms with Gasteiger partial charge in [-0.3, -0.25) is 4.79 Å². The van der Waals surface area contributed by atoms with Crippen molar-refractivity contribution in [1.29, 1.82) is 0 Å². The molecule has 1 unspecified atom stereocenters. The summed E-state index contributed by atoms with van der Waals surface area (Å²) in [6, 6.07) is 0. The van der Waals surface area contributed by atoms with E-state index in [1.54, 1.807) is 4.90 Å². The molecule has 0 aromatic carbocycles. The summed E-state index contributed by atoms with van der Waals surface area (Å²) in [6.45, 7) is 1.58. The number of aliphatic hydroxyl groups excluding tert-OH is 1. The van der Waals surface area contributed by atoms with Crippen LogP contribution in [0, 0.1) is 5.92 Å². The number of carbonyl (C=O) groups excluding carboxylic acids is 1. The van der Waals surface area contributed by atoms with Gasteiger partial charge in [0.25, 0.3) is 11.7 Å². The molecule has 0 radical (unpaired) electrons. The molecule has 1 fully saturated rings. The molecule has 88 valence electrons. The number of aromatic nitrogens is 4. The van der Waals surface area contributed by atoms with E-state index in [0.29, 0.717) is 12.5 Å². The fourth-order valence-electron chi connectivity index (χ4n) is 2.06. The molecule has 2 heterocycles. The number of hydrogen-bond acceptors (Lipinski definition) is 5. The maximum Gasteiger partial charge on any atom is 0.295 e. The standard InChI is InChI=1S/C9H15N5O2/c15-5-3-7-2-1-4-14(6-7)9(16)8-10-12-13-11-8/h7,15H,1-6H2,(H,10,11,12,13). The molecule has 0 saturated carbocycles. The zero-order valence-electron chi connectivity index (χ0n) is 8.96. The van der Waals surface area contributed by atoms with E-state index in [1.165, 1.54) is 0 Å². The van der Waals surface area contributed by atoms with E-state index in [4.69, 9.17) is 5.11 Å². The number of aliphatic hydroxyl groups is 1. The Morgan fingerprint density at radius 1 is 1.62 bits per heavy atom. The van der Waals surface area contributed by atoms with Gasteiger partial charge < -0.3 is 10.0 Å². The van der Waals surface area contributed by atoms with Gasteiger partial charge in [0.2, 0.25) is 0 Å². The maximum atomic E-state index is 11.9. The van der Waals surface area contributed by atoms with Crippen LogP contribution in [0.2, 0.25) is 0 Å². The van der Waals surface area contributed by atoms with Crippen LogP contribution in [0.3, 0.4) is 0 Å². The molecule has 0 bridgehead atoms. The van der Waals surface area contributed by atoms with Gasteiger partial charge in [-0.25, -0.2) is 0 Å². The van der Waals surface area contributed by atoms with E-state index < -0.39 is 0 Å². The van der Waals surface area contributed by atoms with E-state index in [2.05, 4.69) is 20.6 Å². The van der Waals surface area contributed by atoms with Crippen LogP contribution in [-0.4, -0.2) is 56.2 Å². The van der Waals surface area contributed by atoms with Crippen LogP contribution >= 0.6 is 0 Å². The Bertz CT molecular complexity index is 338. The van der Waals surface area contributed by atoms with Gasteiger partial charge in [0.15, 0.2) is 0 Å². The predicted octanol–water partition coefficient (Wildman–Crippen LogP) is -0.566. The topological polar surface area (TPSA) is 95.0 Å². The third-order valence-corrected chi connectivity index (χ3v) is 2.88. The third-order valence-electron chi connectivity index (χ3n) is 2.88. The maximum absolute atomic E-state index is 11.9. The first-order chi connectivity index (χ1) is 7.81. The van der Waals surface area contributed by atoms with Crippen LogP contribution in [0.25, 0.3) is 0 Å². The molecular weight excluding hydrogens is 210 g/mol. The SMILES string of the molecule is O=C(c1nn[nH]n1)N1CCCC(CCO)C1. The minimum Gasteiger partial charge on any atom is -0.396 e. The van der Waals surface area contributed by atoms with Crippen molar-refractivity contribution in [2.24, 2.45) is 5.92 Å². The smallest absolute Gasteiger partial charge is 0.295 e. The monoisotopic (exact) mass is 225 g/mol. The minimum atomic E-state index is -0.184. The first-order valence-corrected chi connectivity index (χ1v) is 5.45. The fourth-order valence-corrected chi connectivity index (χ4v) is 2.06. The summed E-state index contributed by atoms with van der Waals surface area (Å²) in [4.78, 5) is 13.6. The molecular formula is C9H15N5O2. The number of nitrogens with zero attached hydrogens (tertiary/aromatic N) is 4. The largest absolute Gasteiger partial charge is 0.396 e. The molecule has 2 N–H and O–H groups in total. The number of rotatable bonds is 3. The van der Waals surface area contributed by atoms with Gasteiger partial charge in [0.1, 0.15) is 0 Å². The van der Waals surface area contributed by atoms with Gasteiger partial charge in [0, 0.05) is 19.7 Å². The second-order valence-corrected chi connectivity index (χ2v) is 4.01. The van der Waals surface area contributed by atoms with E-state index in [9.17, 15) is 4.79 Å². The van der Waals surface area contributed by atoms with Crippen LogP contribution in [0.5, 0.6) is 0 Å². The van der Waals surface area contributed by atoms with Crippen molar-refractivity contribution in [1.82, 2.24) is 25.5 Å². The second-order valence-electron chi connectivity index (χ2n) is 4.01. The van der Waals surface area contributed by atoms with Crippen LogP contribution in [0.4, 0.5) is 0 Å². The molecule has 0 spiro atoms. The quantitative estimate of drug-likeness (QED) is 0.718. The average Bonchev–Trinajstić information content (AvgIpc) is 2.82. The van der Waals surface area contributed by atoms with Crippen molar-refractivity contribution in [2.45, 2.75) is 19.3 Å². The number of hydrogen-bond donors (Lipinski definition) is 2. The fraction of sp³-hybridized carbons (Fsp3) is 0.778. The molecule has 1 aliphatic rings. The zero-order chi connectivity index (χ0) is 11.4. The highest BCUT2D eigenvalue weighted by atomic mass is 16.3. The lowest BCUT2D eigenvalue weighted by atomic mass is 9.95. The number of piperidine rings is 1. The number of tetrazole rings is 1. The van der Waals surface area contributed by atoms with Gasteiger partial charge >= 0.3 is 0 Å². The normalized spacial score (nSPS) is 21.1. The third kappa shape index (κ3) is 2.35. The van der Waals surface area contributed by atoms with Crippen LogP contribution in [-0.2, 0) is 0 Å². The molecule has 7 nitrogen and oxygen atoms in total. The van der Waals surface area contributed by atoms with Crippen molar-refractivity contribution in [3.05, 3.63) is 5.82 Å². The number of H-pyrrole nitrogens is 1. The molecule has 1 amide bonds. The van der Waals surface area contributed by atoms with Crippen LogP contribution < -0.4 is 0 Å². The predicted molar refractivity (Wildman–Crippen MR) is 54.5 cm³/mol. The van der Waals surface area contributed by atoms with E-state index in [0.717, 1.165) is 25.8 Å². The van der Waals surface area contributed by atoms with Crippen molar-refractivity contribution in [3.63, 3.8) is 0 Å². The second kappa shape index (κ2) is 5.02. The summed E-state index contributed by atoms with van der Waals surface area (Å²) >= 11 is 0. The van der Waals surface area contributed by atoms with E-state index in [1.807, 2.05) is 0 Å². The van der Waals surface area contributed by atoms with Crippen molar-refractivity contribution < 1.29 is 9.90 Å². The number of nitrogens with one attached hydrogen (secondary N) is 1. The number of likely N-dealkylation sites (tertiary alicyclic amines) is 1. The molecule has 1 saturated heterocycles. The highest BCUT2D eigenvalue weighted by molar-refractivity contribution is 5.90. The lowest BCUT2D eigenvalue weighted by Gasteiger charge is -2.31. The van der Waals surface area contributed by atoms with Crippen molar-refractivity contribution in [2.75, 3.05) is 19.7 Å².